The fraction of sp³-hybridized carbons (Fsp3) is 0.417. The molecule has 8 heteroatoms. The van der Waals surface area contributed by atoms with E-state index in [9.17, 15) is 22.4 Å². The van der Waals surface area contributed by atoms with Crippen LogP contribution in [-0.4, -0.2) is 37.4 Å². The Balaban J connectivity index is 2.60. The summed E-state index contributed by atoms with van der Waals surface area (Å²) in [6.45, 7) is 0.197. The number of amides is 1. The first-order chi connectivity index (χ1) is 9.49. The molecule has 1 aromatic carbocycles. The number of carbonyl (C=O) groups excluding carboxylic acids is 1. The van der Waals surface area contributed by atoms with Gasteiger partial charge in [0.05, 0.1) is 13.2 Å². The second kappa shape index (κ2) is 7.81. The second-order valence-corrected chi connectivity index (χ2v) is 3.79. The minimum Gasteiger partial charge on any atom is -0.394 e. The first-order valence-electron chi connectivity index (χ1n) is 5.78. The molecule has 0 unspecified atom stereocenters. The molecule has 0 radical (unpaired) electrons. The van der Waals surface area contributed by atoms with E-state index in [4.69, 9.17) is 9.84 Å². The summed E-state index contributed by atoms with van der Waals surface area (Å²) < 4.78 is 57.2. The maximum atomic E-state index is 13.3. The minimum atomic E-state index is -1.74. The average molecular weight is 295 g/mol. The van der Waals surface area contributed by atoms with Crippen molar-refractivity contribution < 1.29 is 32.2 Å². The van der Waals surface area contributed by atoms with Gasteiger partial charge in [-0.05, 0) is 6.42 Å². The van der Waals surface area contributed by atoms with E-state index in [-0.39, 0.29) is 32.4 Å². The molecule has 0 heterocycles. The number of hydrogen-bond acceptors (Lipinski definition) is 3. The summed E-state index contributed by atoms with van der Waals surface area (Å²) >= 11 is 0. The van der Waals surface area contributed by atoms with E-state index in [1.54, 1.807) is 0 Å². The van der Waals surface area contributed by atoms with Crippen molar-refractivity contribution in [3.63, 3.8) is 0 Å². The molecular formula is C12H13F4NO3. The minimum absolute atomic E-state index is 0.00126. The quantitative estimate of drug-likeness (QED) is 0.454. The van der Waals surface area contributed by atoms with Crippen LogP contribution in [0.15, 0.2) is 6.07 Å². The Morgan fingerprint density at radius 2 is 1.75 bits per heavy atom. The molecular weight excluding hydrogens is 282 g/mol. The van der Waals surface area contributed by atoms with E-state index < -0.39 is 34.7 Å². The van der Waals surface area contributed by atoms with Crippen LogP contribution < -0.4 is 5.32 Å². The van der Waals surface area contributed by atoms with Crippen LogP contribution in [0.5, 0.6) is 0 Å². The third kappa shape index (κ3) is 4.17. The Morgan fingerprint density at radius 1 is 1.15 bits per heavy atom. The van der Waals surface area contributed by atoms with Gasteiger partial charge in [-0.1, -0.05) is 0 Å². The van der Waals surface area contributed by atoms with Crippen LogP contribution in [0.4, 0.5) is 17.6 Å². The smallest absolute Gasteiger partial charge is 0.257 e. The number of hydrogen-bond donors (Lipinski definition) is 2. The summed E-state index contributed by atoms with van der Waals surface area (Å²) in [5.41, 5.74) is -1.29. The zero-order chi connectivity index (χ0) is 15.1. The van der Waals surface area contributed by atoms with Gasteiger partial charge in [0.15, 0.2) is 23.3 Å². The molecule has 4 nitrogen and oxygen atoms in total. The zero-order valence-electron chi connectivity index (χ0n) is 10.4. The van der Waals surface area contributed by atoms with Crippen molar-refractivity contribution in [3.05, 3.63) is 34.9 Å². The van der Waals surface area contributed by atoms with Gasteiger partial charge in [-0.25, -0.2) is 17.6 Å². The van der Waals surface area contributed by atoms with Gasteiger partial charge >= 0.3 is 0 Å². The first kappa shape index (κ1) is 16.4. The van der Waals surface area contributed by atoms with E-state index in [0.29, 0.717) is 6.42 Å². The number of aliphatic hydroxyl groups is 1. The van der Waals surface area contributed by atoms with Crippen molar-refractivity contribution >= 4 is 5.91 Å². The average Bonchev–Trinajstić information content (AvgIpc) is 2.41. The number of ether oxygens (including phenoxy) is 1. The lowest BCUT2D eigenvalue weighted by Gasteiger charge is -2.08. The Labute approximate surface area is 112 Å². The van der Waals surface area contributed by atoms with Crippen LogP contribution in [0.1, 0.15) is 16.8 Å². The highest BCUT2D eigenvalue weighted by Crippen LogP contribution is 2.19. The molecule has 0 atom stereocenters. The molecule has 112 valence electrons. The highest BCUT2D eigenvalue weighted by Gasteiger charge is 2.24. The normalized spacial score (nSPS) is 10.7. The molecule has 0 saturated carbocycles. The molecule has 0 aliphatic carbocycles. The standard InChI is InChI=1S/C12H13F4NO3/c13-7-6-8(14)11(16)9(10(7)15)12(19)17-2-1-4-20-5-3-18/h6,18H,1-5H2,(H,17,19). The van der Waals surface area contributed by atoms with Crippen LogP contribution in [-0.2, 0) is 4.74 Å². The SMILES string of the molecule is O=C(NCCCOCCO)c1c(F)c(F)cc(F)c1F. The monoisotopic (exact) mass is 295 g/mol. The van der Waals surface area contributed by atoms with Gasteiger partial charge < -0.3 is 15.2 Å². The molecule has 1 aromatic rings. The van der Waals surface area contributed by atoms with Gasteiger partial charge in [0.2, 0.25) is 0 Å². The van der Waals surface area contributed by atoms with Crippen LogP contribution in [0.3, 0.4) is 0 Å². The Morgan fingerprint density at radius 3 is 2.30 bits per heavy atom. The molecule has 0 aromatic heterocycles. The van der Waals surface area contributed by atoms with Gasteiger partial charge in [-0.2, -0.15) is 0 Å². The number of rotatable bonds is 7. The van der Waals surface area contributed by atoms with E-state index in [0.717, 1.165) is 0 Å². The molecule has 0 bridgehead atoms. The van der Waals surface area contributed by atoms with Gasteiger partial charge in [0, 0.05) is 19.2 Å². The lowest BCUT2D eigenvalue weighted by molar-refractivity contribution is 0.0863. The fourth-order valence-corrected chi connectivity index (χ4v) is 1.40. The molecule has 2 N–H and O–H groups in total. The summed E-state index contributed by atoms with van der Waals surface area (Å²) in [4.78, 5) is 11.5. The molecule has 0 aliphatic heterocycles. The molecule has 1 amide bonds. The van der Waals surface area contributed by atoms with Crippen LogP contribution in [0.25, 0.3) is 0 Å². The summed E-state index contributed by atoms with van der Waals surface area (Å²) in [7, 11) is 0. The van der Waals surface area contributed by atoms with Crippen LogP contribution in [0.2, 0.25) is 0 Å². The van der Waals surface area contributed by atoms with Crippen molar-refractivity contribution in [2.24, 2.45) is 0 Å². The maximum Gasteiger partial charge on any atom is 0.257 e. The van der Waals surface area contributed by atoms with Crippen molar-refractivity contribution in [1.29, 1.82) is 0 Å². The van der Waals surface area contributed by atoms with Gasteiger partial charge in [-0.3, -0.25) is 4.79 Å². The third-order valence-corrected chi connectivity index (χ3v) is 2.33. The largest absolute Gasteiger partial charge is 0.394 e. The topological polar surface area (TPSA) is 58.6 Å². The molecule has 0 saturated heterocycles. The lowest BCUT2D eigenvalue weighted by atomic mass is 10.1. The third-order valence-electron chi connectivity index (χ3n) is 2.33. The Hall–Kier alpha value is -1.67. The van der Waals surface area contributed by atoms with Crippen molar-refractivity contribution in [3.8, 4) is 0 Å². The van der Waals surface area contributed by atoms with Crippen LogP contribution in [0, 0.1) is 23.3 Å². The van der Waals surface area contributed by atoms with Gasteiger partial charge in [0.1, 0.15) is 5.56 Å². The van der Waals surface area contributed by atoms with Crippen molar-refractivity contribution in [1.82, 2.24) is 5.32 Å². The fourth-order valence-electron chi connectivity index (χ4n) is 1.40. The highest BCUT2D eigenvalue weighted by molar-refractivity contribution is 5.94. The number of halogens is 4. The molecule has 1 rings (SSSR count). The van der Waals surface area contributed by atoms with Gasteiger partial charge in [0.25, 0.3) is 5.91 Å². The Kier molecular flexibility index (Phi) is 6.40. The summed E-state index contributed by atoms with van der Waals surface area (Å²) in [5.74, 6) is -8.00. The molecule has 0 aliphatic rings. The predicted molar refractivity (Wildman–Crippen MR) is 61.1 cm³/mol. The van der Waals surface area contributed by atoms with Crippen molar-refractivity contribution in [2.75, 3.05) is 26.4 Å². The summed E-state index contributed by atoms with van der Waals surface area (Å²) in [6.07, 6.45) is 0.312. The number of nitrogens with one attached hydrogen (secondary N) is 1. The maximum absolute atomic E-state index is 13.3. The zero-order valence-corrected chi connectivity index (χ0v) is 10.4. The number of aliphatic hydroxyl groups excluding tert-OH is 1. The van der Waals surface area contributed by atoms with E-state index in [1.807, 2.05) is 0 Å². The number of benzene rings is 1. The number of carbonyl (C=O) groups is 1. The van der Waals surface area contributed by atoms with Crippen LogP contribution >= 0.6 is 0 Å². The van der Waals surface area contributed by atoms with E-state index >= 15 is 0 Å². The first-order valence-corrected chi connectivity index (χ1v) is 5.78. The highest BCUT2D eigenvalue weighted by atomic mass is 19.2. The summed E-state index contributed by atoms with van der Waals surface area (Å²) in [5, 5.41) is 10.5. The second-order valence-electron chi connectivity index (χ2n) is 3.79. The predicted octanol–water partition coefficient (Wildman–Crippen LogP) is 1.37. The van der Waals surface area contributed by atoms with E-state index in [1.165, 1.54) is 0 Å². The van der Waals surface area contributed by atoms with Crippen molar-refractivity contribution in [2.45, 2.75) is 6.42 Å². The van der Waals surface area contributed by atoms with Gasteiger partial charge in [-0.15, -0.1) is 0 Å². The lowest BCUT2D eigenvalue weighted by Crippen LogP contribution is -2.28. The van der Waals surface area contributed by atoms with E-state index in [2.05, 4.69) is 5.32 Å². The molecule has 20 heavy (non-hydrogen) atoms. The summed E-state index contributed by atoms with van der Waals surface area (Å²) in [6, 6.07) is 0.0319. The molecule has 0 spiro atoms. The molecule has 0 fully saturated rings. The Bertz CT molecular complexity index is 456.